The molecule has 0 fully saturated rings. The van der Waals surface area contributed by atoms with Crippen LogP contribution in [0, 0.1) is 0 Å². The summed E-state index contributed by atoms with van der Waals surface area (Å²) in [5, 5.41) is 3.07. The lowest BCUT2D eigenvalue weighted by Crippen LogP contribution is -2.04. The molecule has 0 aliphatic heterocycles. The molecule has 6 heteroatoms. The van der Waals surface area contributed by atoms with E-state index >= 15 is 0 Å². The van der Waals surface area contributed by atoms with Crippen LogP contribution >= 0.6 is 0 Å². The van der Waals surface area contributed by atoms with Gasteiger partial charge in [-0.3, -0.25) is 4.57 Å². The van der Waals surface area contributed by atoms with E-state index in [1.165, 1.54) is 0 Å². The maximum absolute atomic E-state index is 4.61. The summed E-state index contributed by atoms with van der Waals surface area (Å²) in [6.45, 7) is 0. The van der Waals surface area contributed by atoms with Gasteiger partial charge in [-0.05, 0) is 12.1 Å². The third kappa shape index (κ3) is 1.48. The van der Waals surface area contributed by atoms with Crippen LogP contribution < -0.4 is 5.32 Å². The fraction of sp³-hybridized carbons (Fsp3) is 0.0714. The fourth-order valence-corrected chi connectivity index (χ4v) is 2.33. The maximum Gasteiger partial charge on any atom is 0.184 e. The Morgan fingerprint density at radius 3 is 2.95 bits per heavy atom. The summed E-state index contributed by atoms with van der Waals surface area (Å²) in [5.74, 6) is 1.54. The summed E-state index contributed by atoms with van der Waals surface area (Å²) in [7, 11) is 1.85. The molecule has 0 aliphatic carbocycles. The van der Waals surface area contributed by atoms with Crippen LogP contribution in [0.4, 0.5) is 5.82 Å². The van der Waals surface area contributed by atoms with Gasteiger partial charge < -0.3 is 9.72 Å². The van der Waals surface area contributed by atoms with Gasteiger partial charge in [0.15, 0.2) is 11.5 Å². The van der Waals surface area contributed by atoms with Crippen LogP contribution in [0.25, 0.3) is 22.5 Å². The Hall–Kier alpha value is -2.89. The van der Waals surface area contributed by atoms with Gasteiger partial charge in [-0.2, -0.15) is 0 Å². The van der Waals surface area contributed by atoms with Crippen molar-refractivity contribution < 1.29 is 0 Å². The number of rotatable bonds is 2. The largest absolute Gasteiger partial charge is 0.372 e. The van der Waals surface area contributed by atoms with Gasteiger partial charge in [0.25, 0.3) is 0 Å². The van der Waals surface area contributed by atoms with E-state index in [1.807, 2.05) is 52.7 Å². The Kier molecular flexibility index (Phi) is 2.23. The zero-order chi connectivity index (χ0) is 13.5. The third-order valence-corrected chi connectivity index (χ3v) is 3.29. The smallest absolute Gasteiger partial charge is 0.184 e. The molecule has 0 spiro atoms. The van der Waals surface area contributed by atoms with Crippen molar-refractivity contribution in [1.29, 1.82) is 0 Å². The number of hydrogen-bond acceptors (Lipinski definition) is 4. The van der Waals surface area contributed by atoms with Crippen molar-refractivity contribution in [3.05, 3.63) is 49.2 Å². The Labute approximate surface area is 114 Å². The first-order valence-corrected chi connectivity index (χ1v) is 6.31. The fourth-order valence-electron chi connectivity index (χ4n) is 2.33. The standard InChI is InChI=1S/C14H12N6/c1-15-12-8-19-7-6-16-13(19)14(18-12)20-9-17-10-4-2-3-5-11(10)20/h2-9,15H,1H3. The number of hydrogen-bond donors (Lipinski definition) is 1. The minimum atomic E-state index is 0.760. The zero-order valence-electron chi connectivity index (χ0n) is 10.9. The highest BCUT2D eigenvalue weighted by molar-refractivity contribution is 5.78. The van der Waals surface area contributed by atoms with Crippen molar-refractivity contribution in [3.63, 3.8) is 0 Å². The highest BCUT2D eigenvalue weighted by Crippen LogP contribution is 2.21. The van der Waals surface area contributed by atoms with E-state index < -0.39 is 0 Å². The van der Waals surface area contributed by atoms with Gasteiger partial charge in [-0.25, -0.2) is 15.0 Å². The molecule has 0 amide bonds. The summed E-state index contributed by atoms with van der Waals surface area (Å²) < 4.78 is 3.90. The minimum absolute atomic E-state index is 0.760. The van der Waals surface area contributed by atoms with E-state index in [0.717, 1.165) is 28.3 Å². The number of para-hydroxylation sites is 2. The number of nitrogens with one attached hydrogen (secondary N) is 1. The highest BCUT2D eigenvalue weighted by atomic mass is 15.2. The summed E-state index contributed by atoms with van der Waals surface area (Å²) in [6.07, 6.45) is 7.35. The molecule has 1 N–H and O–H groups in total. The summed E-state index contributed by atoms with van der Waals surface area (Å²) in [6, 6.07) is 7.97. The lowest BCUT2D eigenvalue weighted by molar-refractivity contribution is 0.992. The molecule has 0 radical (unpaired) electrons. The van der Waals surface area contributed by atoms with Gasteiger partial charge in [0.05, 0.1) is 17.2 Å². The monoisotopic (exact) mass is 264 g/mol. The Morgan fingerprint density at radius 2 is 2.05 bits per heavy atom. The summed E-state index contributed by atoms with van der Waals surface area (Å²) in [5.41, 5.74) is 2.75. The molecule has 6 nitrogen and oxygen atoms in total. The highest BCUT2D eigenvalue weighted by Gasteiger charge is 2.11. The van der Waals surface area contributed by atoms with Crippen LogP contribution in [0.3, 0.4) is 0 Å². The second-order valence-electron chi connectivity index (χ2n) is 4.46. The predicted molar refractivity (Wildman–Crippen MR) is 77.2 cm³/mol. The maximum atomic E-state index is 4.61. The van der Waals surface area contributed by atoms with Crippen molar-refractivity contribution in [3.8, 4) is 5.82 Å². The molecule has 3 heterocycles. The van der Waals surface area contributed by atoms with Crippen molar-refractivity contribution >= 4 is 22.5 Å². The first kappa shape index (κ1) is 11.0. The summed E-state index contributed by atoms with van der Waals surface area (Å²) >= 11 is 0. The summed E-state index contributed by atoms with van der Waals surface area (Å²) in [4.78, 5) is 13.4. The predicted octanol–water partition coefficient (Wildman–Crippen LogP) is 2.11. The van der Waals surface area contributed by atoms with E-state index in [0.29, 0.717) is 0 Å². The second-order valence-corrected chi connectivity index (χ2v) is 4.46. The molecule has 20 heavy (non-hydrogen) atoms. The van der Waals surface area contributed by atoms with Gasteiger partial charge in [0.2, 0.25) is 0 Å². The van der Waals surface area contributed by atoms with Gasteiger partial charge >= 0.3 is 0 Å². The van der Waals surface area contributed by atoms with Crippen molar-refractivity contribution in [1.82, 2.24) is 23.9 Å². The number of imidazole rings is 2. The van der Waals surface area contributed by atoms with Gasteiger partial charge in [-0.15, -0.1) is 0 Å². The quantitative estimate of drug-likeness (QED) is 0.602. The normalized spacial score (nSPS) is 11.2. The third-order valence-electron chi connectivity index (χ3n) is 3.29. The zero-order valence-corrected chi connectivity index (χ0v) is 10.9. The number of nitrogens with zero attached hydrogens (tertiary/aromatic N) is 5. The lowest BCUT2D eigenvalue weighted by atomic mass is 10.3. The van der Waals surface area contributed by atoms with E-state index in [1.54, 1.807) is 12.5 Å². The molecule has 0 unspecified atom stereocenters. The van der Waals surface area contributed by atoms with Crippen molar-refractivity contribution in [2.75, 3.05) is 12.4 Å². The molecular formula is C14H12N6. The lowest BCUT2D eigenvalue weighted by Gasteiger charge is -2.08. The number of anilines is 1. The van der Waals surface area contributed by atoms with Crippen LogP contribution in [0.5, 0.6) is 0 Å². The molecule has 0 atom stereocenters. The molecule has 98 valence electrons. The van der Waals surface area contributed by atoms with Crippen LogP contribution in [-0.4, -0.2) is 31.0 Å². The van der Waals surface area contributed by atoms with Crippen LogP contribution in [0.1, 0.15) is 0 Å². The SMILES string of the molecule is CNc1cn2ccnc2c(-n2cnc3ccccc32)n1. The van der Waals surface area contributed by atoms with Gasteiger partial charge in [0, 0.05) is 19.4 Å². The van der Waals surface area contributed by atoms with Crippen LogP contribution in [-0.2, 0) is 0 Å². The molecule has 3 aromatic heterocycles. The number of benzene rings is 1. The Balaban J connectivity index is 2.08. The topological polar surface area (TPSA) is 60.0 Å². The van der Waals surface area contributed by atoms with E-state index in [-0.39, 0.29) is 0 Å². The van der Waals surface area contributed by atoms with Gasteiger partial charge in [-0.1, -0.05) is 12.1 Å². The van der Waals surface area contributed by atoms with E-state index in [9.17, 15) is 0 Å². The average Bonchev–Trinajstić information content (AvgIpc) is 3.12. The first-order chi connectivity index (χ1) is 9.86. The number of fused-ring (bicyclic) bond motifs is 2. The first-order valence-electron chi connectivity index (χ1n) is 6.31. The molecule has 4 aromatic rings. The van der Waals surface area contributed by atoms with Crippen LogP contribution in [0.2, 0.25) is 0 Å². The van der Waals surface area contributed by atoms with Crippen molar-refractivity contribution in [2.24, 2.45) is 0 Å². The van der Waals surface area contributed by atoms with Crippen LogP contribution in [0.15, 0.2) is 49.2 Å². The molecule has 0 aliphatic rings. The Bertz CT molecular complexity index is 904. The molecule has 0 saturated carbocycles. The molecule has 0 saturated heterocycles. The van der Waals surface area contributed by atoms with E-state index in [2.05, 4.69) is 20.3 Å². The van der Waals surface area contributed by atoms with Gasteiger partial charge in [0.1, 0.15) is 12.1 Å². The average molecular weight is 264 g/mol. The molecule has 1 aromatic carbocycles. The number of aromatic nitrogens is 5. The second kappa shape index (κ2) is 4.06. The van der Waals surface area contributed by atoms with E-state index in [4.69, 9.17) is 0 Å². The minimum Gasteiger partial charge on any atom is -0.372 e. The molecule has 0 bridgehead atoms. The van der Waals surface area contributed by atoms with Crippen molar-refractivity contribution in [2.45, 2.75) is 0 Å². The molecular weight excluding hydrogens is 252 g/mol. The Morgan fingerprint density at radius 1 is 1.15 bits per heavy atom. The molecule has 4 rings (SSSR count).